The lowest BCUT2D eigenvalue weighted by molar-refractivity contribution is 0.162. The molecule has 0 radical (unpaired) electrons. The van der Waals surface area contributed by atoms with Crippen LogP contribution in [0, 0.1) is 0 Å². The van der Waals surface area contributed by atoms with Gasteiger partial charge < -0.3 is 15.9 Å². The van der Waals surface area contributed by atoms with E-state index in [1.54, 1.807) is 25.3 Å². The van der Waals surface area contributed by atoms with Crippen LogP contribution >= 0.6 is 0 Å². The van der Waals surface area contributed by atoms with Gasteiger partial charge in [-0.3, -0.25) is 4.98 Å². The summed E-state index contributed by atoms with van der Waals surface area (Å²) in [5, 5.41) is 17.9. The van der Waals surface area contributed by atoms with Crippen molar-refractivity contribution >= 4 is 0 Å². The van der Waals surface area contributed by atoms with Crippen LogP contribution in [0.5, 0.6) is 0 Å². The van der Waals surface area contributed by atoms with E-state index in [-0.39, 0.29) is 6.61 Å². The van der Waals surface area contributed by atoms with E-state index in [2.05, 4.69) is 4.98 Å². The van der Waals surface area contributed by atoms with Gasteiger partial charge in [-0.15, -0.1) is 0 Å². The van der Waals surface area contributed by atoms with E-state index in [4.69, 9.17) is 10.8 Å². The maximum absolute atomic E-state index is 9.19. The molecule has 0 bridgehead atoms. The summed E-state index contributed by atoms with van der Waals surface area (Å²) in [5.74, 6) is 0. The molecule has 0 aromatic carbocycles. The van der Waals surface area contributed by atoms with E-state index in [0.717, 1.165) is 5.56 Å². The van der Waals surface area contributed by atoms with Crippen molar-refractivity contribution in [2.45, 2.75) is 25.7 Å². The summed E-state index contributed by atoms with van der Waals surface area (Å²) in [6, 6.07) is 2.99. The molecule has 0 saturated heterocycles. The number of pyridine rings is 1. The first kappa shape index (κ1) is 10.1. The molecule has 1 aromatic rings. The Morgan fingerprint density at radius 1 is 1.54 bits per heavy atom. The fourth-order valence-corrected chi connectivity index (χ4v) is 0.974. The quantitative estimate of drug-likeness (QED) is 0.612. The predicted molar refractivity (Wildman–Crippen MR) is 48.8 cm³/mol. The second kappa shape index (κ2) is 4.32. The molecule has 1 aromatic heterocycles. The van der Waals surface area contributed by atoms with Crippen LogP contribution < -0.4 is 5.73 Å². The van der Waals surface area contributed by atoms with Crippen LogP contribution in [0.25, 0.3) is 0 Å². The molecule has 0 fully saturated rings. The van der Waals surface area contributed by atoms with Crippen molar-refractivity contribution in [3.8, 4) is 0 Å². The van der Waals surface area contributed by atoms with Crippen molar-refractivity contribution in [1.29, 1.82) is 0 Å². The van der Waals surface area contributed by atoms with Gasteiger partial charge in [0.15, 0.2) is 0 Å². The topological polar surface area (TPSA) is 79.4 Å². The maximum atomic E-state index is 9.19. The number of aromatic nitrogens is 1. The molecule has 1 rings (SSSR count). The van der Waals surface area contributed by atoms with Crippen molar-refractivity contribution in [2.75, 3.05) is 0 Å². The fraction of sp³-hybridized carbons (Fsp3) is 0.444. The SMILES string of the molecule is C[C@@H](O)[C@@H](N)c1ccc(CO)cn1. The molecule has 0 aliphatic heterocycles. The van der Waals surface area contributed by atoms with E-state index in [1.807, 2.05) is 0 Å². The van der Waals surface area contributed by atoms with Crippen LogP contribution in [0.15, 0.2) is 18.3 Å². The minimum atomic E-state index is -0.618. The van der Waals surface area contributed by atoms with Gasteiger partial charge in [0.2, 0.25) is 0 Å². The lowest BCUT2D eigenvalue weighted by Gasteiger charge is -2.13. The first-order chi connectivity index (χ1) is 6.15. The van der Waals surface area contributed by atoms with Gasteiger partial charge in [-0.2, -0.15) is 0 Å². The van der Waals surface area contributed by atoms with E-state index >= 15 is 0 Å². The molecule has 4 heteroatoms. The Morgan fingerprint density at radius 2 is 2.23 bits per heavy atom. The Bertz CT molecular complexity index is 259. The highest BCUT2D eigenvalue weighted by molar-refractivity contribution is 5.16. The summed E-state index contributed by atoms with van der Waals surface area (Å²) in [6.45, 7) is 1.59. The first-order valence-corrected chi connectivity index (χ1v) is 4.14. The molecule has 0 spiro atoms. The summed E-state index contributed by atoms with van der Waals surface area (Å²) in [5.41, 5.74) is 7.02. The third kappa shape index (κ3) is 2.48. The van der Waals surface area contributed by atoms with E-state index in [1.165, 1.54) is 0 Å². The molecule has 0 aliphatic rings. The summed E-state index contributed by atoms with van der Waals surface area (Å²) < 4.78 is 0. The van der Waals surface area contributed by atoms with Crippen molar-refractivity contribution in [1.82, 2.24) is 4.98 Å². The molecule has 13 heavy (non-hydrogen) atoms. The minimum absolute atomic E-state index is 0.0306. The molecular formula is C9H14N2O2. The second-order valence-corrected chi connectivity index (χ2v) is 3.02. The van der Waals surface area contributed by atoms with Crippen LogP contribution in [0.1, 0.15) is 24.2 Å². The average molecular weight is 182 g/mol. The van der Waals surface area contributed by atoms with Crippen LogP contribution in [0.4, 0.5) is 0 Å². The zero-order valence-corrected chi connectivity index (χ0v) is 7.51. The summed E-state index contributed by atoms with van der Waals surface area (Å²) in [6.07, 6.45) is 0.935. The maximum Gasteiger partial charge on any atom is 0.0730 e. The van der Waals surface area contributed by atoms with Crippen molar-refractivity contribution in [3.05, 3.63) is 29.6 Å². The zero-order valence-electron chi connectivity index (χ0n) is 7.51. The summed E-state index contributed by atoms with van der Waals surface area (Å²) >= 11 is 0. The molecular weight excluding hydrogens is 168 g/mol. The largest absolute Gasteiger partial charge is 0.392 e. The van der Waals surface area contributed by atoms with Gasteiger partial charge in [-0.1, -0.05) is 6.07 Å². The molecule has 72 valence electrons. The zero-order chi connectivity index (χ0) is 9.84. The fourth-order valence-electron chi connectivity index (χ4n) is 0.974. The van der Waals surface area contributed by atoms with E-state index < -0.39 is 12.1 Å². The van der Waals surface area contributed by atoms with Gasteiger partial charge >= 0.3 is 0 Å². The smallest absolute Gasteiger partial charge is 0.0730 e. The molecule has 0 amide bonds. The molecule has 0 aliphatic carbocycles. The Kier molecular flexibility index (Phi) is 3.36. The number of rotatable bonds is 3. The van der Waals surface area contributed by atoms with Gasteiger partial charge in [0.05, 0.1) is 24.4 Å². The molecule has 1 heterocycles. The highest BCUT2D eigenvalue weighted by Gasteiger charge is 2.12. The Hall–Kier alpha value is -0.970. The monoisotopic (exact) mass is 182 g/mol. The van der Waals surface area contributed by atoms with E-state index in [0.29, 0.717) is 5.69 Å². The molecule has 2 atom stereocenters. The second-order valence-electron chi connectivity index (χ2n) is 3.02. The minimum Gasteiger partial charge on any atom is -0.392 e. The van der Waals surface area contributed by atoms with Gasteiger partial charge in [0, 0.05) is 6.20 Å². The third-order valence-corrected chi connectivity index (χ3v) is 1.89. The molecule has 4 nitrogen and oxygen atoms in total. The predicted octanol–water partition coefficient (Wildman–Crippen LogP) is -0.0455. The van der Waals surface area contributed by atoms with Crippen molar-refractivity contribution < 1.29 is 10.2 Å². The number of hydrogen-bond acceptors (Lipinski definition) is 4. The number of aliphatic hydroxyl groups excluding tert-OH is 2. The van der Waals surface area contributed by atoms with Gasteiger partial charge in [0.25, 0.3) is 0 Å². The van der Waals surface area contributed by atoms with Crippen LogP contribution in [-0.2, 0) is 6.61 Å². The summed E-state index contributed by atoms with van der Waals surface area (Å²) in [4.78, 5) is 4.03. The van der Waals surface area contributed by atoms with Crippen LogP contribution in [-0.4, -0.2) is 21.3 Å². The van der Waals surface area contributed by atoms with Gasteiger partial charge in [-0.05, 0) is 18.6 Å². The highest BCUT2D eigenvalue weighted by atomic mass is 16.3. The number of nitrogens with zero attached hydrogens (tertiary/aromatic N) is 1. The van der Waals surface area contributed by atoms with Crippen molar-refractivity contribution in [2.24, 2.45) is 5.73 Å². The van der Waals surface area contributed by atoms with E-state index in [9.17, 15) is 5.11 Å². The summed E-state index contributed by atoms with van der Waals surface area (Å²) in [7, 11) is 0. The molecule has 0 saturated carbocycles. The Morgan fingerprint density at radius 3 is 2.62 bits per heavy atom. The van der Waals surface area contributed by atoms with Crippen LogP contribution in [0.2, 0.25) is 0 Å². The lowest BCUT2D eigenvalue weighted by atomic mass is 10.1. The van der Waals surface area contributed by atoms with Crippen molar-refractivity contribution in [3.63, 3.8) is 0 Å². The molecule has 0 unspecified atom stereocenters. The molecule has 4 N–H and O–H groups in total. The Balaban J connectivity index is 2.79. The van der Waals surface area contributed by atoms with Gasteiger partial charge in [0.1, 0.15) is 0 Å². The number of nitrogens with two attached hydrogens (primary N) is 1. The Labute approximate surface area is 77.0 Å². The number of aliphatic hydroxyl groups is 2. The normalized spacial score (nSPS) is 15.4. The highest BCUT2D eigenvalue weighted by Crippen LogP contribution is 2.11. The average Bonchev–Trinajstić information content (AvgIpc) is 2.17. The first-order valence-electron chi connectivity index (χ1n) is 4.14. The lowest BCUT2D eigenvalue weighted by Crippen LogP contribution is -2.24. The number of hydrogen-bond donors (Lipinski definition) is 3. The third-order valence-electron chi connectivity index (χ3n) is 1.89. The van der Waals surface area contributed by atoms with Crippen LogP contribution in [0.3, 0.4) is 0 Å². The standard InChI is InChI=1S/C9H14N2O2/c1-6(13)9(10)8-3-2-7(5-12)4-11-8/h2-4,6,9,12-13H,5,10H2,1H3/t6-,9-/m1/s1. The van der Waals surface area contributed by atoms with Gasteiger partial charge in [-0.25, -0.2) is 0 Å².